The van der Waals surface area contributed by atoms with Gasteiger partial charge in [-0.3, -0.25) is 0 Å². The Morgan fingerprint density at radius 2 is 0.787 bits per heavy atom. The number of nitrogens with zero attached hydrogens (tertiary/aromatic N) is 1. The first-order valence-corrected chi connectivity index (χ1v) is 21.6. The summed E-state index contributed by atoms with van der Waals surface area (Å²) < 4.78 is 0. The largest absolute Gasteiger partial charge is 0.478 e. The average molecular weight is 798 g/mol. The number of aryl methyl sites for hydroxylation is 5. The number of aliphatic carboxylic acids is 1. The molecule has 0 spiro atoms. The van der Waals surface area contributed by atoms with Gasteiger partial charge in [-0.05, 0) is 165 Å². The molecule has 7 aromatic carbocycles. The fourth-order valence-electron chi connectivity index (χ4n) is 7.75. The molecular formula is C58H55NO2. The van der Waals surface area contributed by atoms with Gasteiger partial charge in [-0.25, -0.2) is 4.79 Å². The molecule has 0 saturated heterocycles. The number of rotatable bonds is 15. The van der Waals surface area contributed by atoms with Gasteiger partial charge >= 0.3 is 5.97 Å². The standard InChI is InChI=1S/C58H55NO2/c1-6-42-10-24-49(25-11-42)55(50-26-12-43(7-2)13-27-50)39-47-18-32-53(33-19-47)59(57-36-22-46(38-41(57)5)23-37-58(60)61)54-34-20-48(21-35-54)40-56(51-28-14-44(8-3)15-29-51)52-30-16-45(9-4)17-31-52/h10-40H,6-9H2,1-5H3,(H,60,61)/b37-23-. The Morgan fingerprint density at radius 1 is 0.459 bits per heavy atom. The summed E-state index contributed by atoms with van der Waals surface area (Å²) in [4.78, 5) is 13.6. The second-order valence-corrected chi connectivity index (χ2v) is 15.6. The number of benzene rings is 7. The van der Waals surface area contributed by atoms with Crippen molar-refractivity contribution in [2.24, 2.45) is 0 Å². The van der Waals surface area contributed by atoms with E-state index in [0.717, 1.165) is 65.0 Å². The van der Waals surface area contributed by atoms with E-state index in [1.165, 1.54) is 61.7 Å². The van der Waals surface area contributed by atoms with Crippen LogP contribution in [0.4, 0.5) is 17.1 Å². The monoisotopic (exact) mass is 797 g/mol. The maximum atomic E-state index is 11.3. The Balaban J connectivity index is 1.29. The number of hydrogen-bond acceptors (Lipinski definition) is 2. The first-order valence-electron chi connectivity index (χ1n) is 21.6. The van der Waals surface area contributed by atoms with Crippen LogP contribution in [0.5, 0.6) is 0 Å². The van der Waals surface area contributed by atoms with Crippen molar-refractivity contribution in [1.82, 2.24) is 0 Å². The second-order valence-electron chi connectivity index (χ2n) is 15.6. The molecule has 3 heteroatoms. The Kier molecular flexibility index (Phi) is 13.7. The molecule has 61 heavy (non-hydrogen) atoms. The summed E-state index contributed by atoms with van der Waals surface area (Å²) in [5.41, 5.74) is 19.5. The molecule has 0 aliphatic heterocycles. The van der Waals surface area contributed by atoms with Gasteiger partial charge in [0, 0.05) is 23.1 Å². The van der Waals surface area contributed by atoms with E-state index in [0.29, 0.717) is 0 Å². The van der Waals surface area contributed by atoms with Crippen LogP contribution in [-0.2, 0) is 30.5 Å². The number of carboxylic acids is 1. The minimum atomic E-state index is -0.968. The van der Waals surface area contributed by atoms with Crippen LogP contribution in [0.15, 0.2) is 170 Å². The van der Waals surface area contributed by atoms with Gasteiger partial charge in [0.2, 0.25) is 0 Å². The van der Waals surface area contributed by atoms with Gasteiger partial charge in [0.05, 0.1) is 0 Å². The second kappa shape index (κ2) is 19.9. The lowest BCUT2D eigenvalue weighted by Crippen LogP contribution is -2.11. The summed E-state index contributed by atoms with van der Waals surface area (Å²) in [6, 6.07) is 59.3. The molecular weight excluding hydrogens is 743 g/mol. The maximum absolute atomic E-state index is 11.3. The molecule has 0 saturated carbocycles. The van der Waals surface area contributed by atoms with E-state index in [9.17, 15) is 9.90 Å². The molecule has 1 N–H and O–H groups in total. The van der Waals surface area contributed by atoms with Gasteiger partial charge in [-0.15, -0.1) is 0 Å². The molecule has 0 bridgehead atoms. The predicted molar refractivity (Wildman–Crippen MR) is 260 cm³/mol. The lowest BCUT2D eigenvalue weighted by atomic mass is 9.93. The molecule has 0 aliphatic rings. The quantitative estimate of drug-likeness (QED) is 0.0830. The van der Waals surface area contributed by atoms with Crippen LogP contribution in [0.3, 0.4) is 0 Å². The van der Waals surface area contributed by atoms with Crippen LogP contribution in [0.2, 0.25) is 0 Å². The average Bonchev–Trinajstić information content (AvgIpc) is 3.31. The third kappa shape index (κ3) is 10.4. The van der Waals surface area contributed by atoms with Crippen LogP contribution in [-0.4, -0.2) is 11.1 Å². The summed E-state index contributed by atoms with van der Waals surface area (Å²) in [5.74, 6) is -0.968. The first kappa shape index (κ1) is 42.2. The van der Waals surface area contributed by atoms with Crippen LogP contribution in [0, 0.1) is 6.92 Å². The molecule has 0 atom stereocenters. The minimum absolute atomic E-state index is 0.836. The molecule has 7 rings (SSSR count). The van der Waals surface area contributed by atoms with Crippen molar-refractivity contribution >= 4 is 52.4 Å². The topological polar surface area (TPSA) is 40.5 Å². The summed E-state index contributed by atoms with van der Waals surface area (Å²) in [6.45, 7) is 10.8. The van der Waals surface area contributed by atoms with Crippen molar-refractivity contribution in [3.63, 3.8) is 0 Å². The molecule has 0 amide bonds. The van der Waals surface area contributed by atoms with Gasteiger partial charge in [0.15, 0.2) is 0 Å². The molecule has 7 aromatic rings. The number of anilines is 3. The summed E-state index contributed by atoms with van der Waals surface area (Å²) >= 11 is 0. The molecule has 3 nitrogen and oxygen atoms in total. The van der Waals surface area contributed by atoms with Crippen molar-refractivity contribution in [1.29, 1.82) is 0 Å². The number of carboxylic acid groups (broad SMARTS) is 1. The number of hydrogen-bond donors (Lipinski definition) is 1. The normalized spacial score (nSPS) is 11.0. The van der Waals surface area contributed by atoms with Crippen molar-refractivity contribution < 1.29 is 9.90 Å². The van der Waals surface area contributed by atoms with Crippen molar-refractivity contribution in [3.05, 3.63) is 237 Å². The van der Waals surface area contributed by atoms with E-state index < -0.39 is 5.97 Å². The zero-order valence-electron chi connectivity index (χ0n) is 36.0. The summed E-state index contributed by atoms with van der Waals surface area (Å²) in [7, 11) is 0. The fourth-order valence-corrected chi connectivity index (χ4v) is 7.75. The molecule has 0 unspecified atom stereocenters. The highest BCUT2D eigenvalue weighted by atomic mass is 16.4. The SMILES string of the molecule is CCc1ccc(C(=Cc2ccc(N(c3ccc(C=C(c4ccc(CC)cc4)c4ccc(CC)cc4)cc3)c3ccc(/C=C\C(=O)O)cc3C)cc2)c2ccc(CC)cc2)cc1. The molecule has 0 heterocycles. The third-order valence-electron chi connectivity index (χ3n) is 11.5. The molecule has 304 valence electrons. The molecule has 0 aromatic heterocycles. The van der Waals surface area contributed by atoms with Crippen molar-refractivity contribution in [3.8, 4) is 0 Å². The van der Waals surface area contributed by atoms with E-state index in [1.807, 2.05) is 12.1 Å². The van der Waals surface area contributed by atoms with Crippen LogP contribution in [0.25, 0.3) is 29.4 Å². The molecule has 0 radical (unpaired) electrons. The third-order valence-corrected chi connectivity index (χ3v) is 11.5. The Bertz CT molecular complexity index is 2390. The van der Waals surface area contributed by atoms with Crippen LogP contribution >= 0.6 is 0 Å². The predicted octanol–water partition coefficient (Wildman–Crippen LogP) is 15.0. The van der Waals surface area contributed by atoms with E-state index in [2.05, 4.69) is 203 Å². The minimum Gasteiger partial charge on any atom is -0.478 e. The van der Waals surface area contributed by atoms with Gasteiger partial charge in [-0.1, -0.05) is 155 Å². The lowest BCUT2D eigenvalue weighted by molar-refractivity contribution is -0.131. The zero-order valence-corrected chi connectivity index (χ0v) is 36.0. The highest BCUT2D eigenvalue weighted by molar-refractivity contribution is 5.93. The lowest BCUT2D eigenvalue weighted by Gasteiger charge is -2.27. The first-order chi connectivity index (χ1) is 29.7. The fraction of sp³-hybridized carbons (Fsp3) is 0.155. The highest BCUT2D eigenvalue weighted by Crippen LogP contribution is 2.38. The maximum Gasteiger partial charge on any atom is 0.328 e. The van der Waals surface area contributed by atoms with Crippen LogP contribution in [0.1, 0.15) is 94.5 Å². The van der Waals surface area contributed by atoms with E-state index in [1.54, 1.807) is 6.08 Å². The van der Waals surface area contributed by atoms with E-state index >= 15 is 0 Å². The Labute approximate surface area is 362 Å². The summed E-state index contributed by atoms with van der Waals surface area (Å²) in [6.07, 6.45) is 11.4. The zero-order chi connectivity index (χ0) is 42.7. The van der Waals surface area contributed by atoms with Gasteiger partial charge in [0.25, 0.3) is 0 Å². The van der Waals surface area contributed by atoms with Crippen molar-refractivity contribution in [2.75, 3.05) is 4.90 Å². The van der Waals surface area contributed by atoms with Gasteiger partial charge < -0.3 is 10.0 Å². The highest BCUT2D eigenvalue weighted by Gasteiger charge is 2.16. The van der Waals surface area contributed by atoms with E-state index in [-0.39, 0.29) is 0 Å². The van der Waals surface area contributed by atoms with Gasteiger partial charge in [-0.2, -0.15) is 0 Å². The molecule has 0 aliphatic carbocycles. The van der Waals surface area contributed by atoms with Crippen LogP contribution < -0.4 is 4.90 Å². The molecule has 0 fully saturated rings. The van der Waals surface area contributed by atoms with Crippen molar-refractivity contribution in [2.45, 2.75) is 60.3 Å². The summed E-state index contributed by atoms with van der Waals surface area (Å²) in [5, 5.41) is 9.28. The Morgan fingerprint density at radius 3 is 1.08 bits per heavy atom. The van der Waals surface area contributed by atoms with Gasteiger partial charge in [0.1, 0.15) is 0 Å². The van der Waals surface area contributed by atoms with E-state index in [4.69, 9.17) is 0 Å². The Hall–Kier alpha value is -6.97. The smallest absolute Gasteiger partial charge is 0.328 e. The number of carbonyl (C=O) groups is 1.